The summed E-state index contributed by atoms with van der Waals surface area (Å²) < 4.78 is 5.70. The lowest BCUT2D eigenvalue weighted by Gasteiger charge is -2.08. The first-order valence-electron chi connectivity index (χ1n) is 9.31. The Bertz CT molecular complexity index is 1180. The van der Waals surface area contributed by atoms with Gasteiger partial charge in [-0.1, -0.05) is 41.9 Å². The molecule has 4 aromatic rings. The number of nitrogens with one attached hydrogen (secondary N) is 1. The predicted molar refractivity (Wildman–Crippen MR) is 118 cm³/mol. The number of hydrogen-bond donors (Lipinski definition) is 1. The lowest BCUT2D eigenvalue weighted by Crippen LogP contribution is -2.11. The molecule has 0 atom stereocenters. The summed E-state index contributed by atoms with van der Waals surface area (Å²) in [5.41, 5.74) is 4.29. The molecule has 3 aromatic carbocycles. The van der Waals surface area contributed by atoms with Gasteiger partial charge in [0, 0.05) is 34.2 Å². The summed E-state index contributed by atoms with van der Waals surface area (Å²) in [4.78, 5) is 21.0. The quantitative estimate of drug-likeness (QED) is 0.424. The number of aryl methyl sites for hydroxylation is 1. The highest BCUT2D eigenvalue weighted by Crippen LogP contribution is 2.24. The largest absolute Gasteiger partial charge is 0.424 e. The highest BCUT2D eigenvalue weighted by Gasteiger charge is 2.08. The molecule has 1 amide bonds. The van der Waals surface area contributed by atoms with E-state index in [-0.39, 0.29) is 11.9 Å². The van der Waals surface area contributed by atoms with Crippen LogP contribution in [0.2, 0.25) is 5.02 Å². The number of aromatic nitrogens is 2. The topological polar surface area (TPSA) is 64.1 Å². The molecule has 0 unspecified atom stereocenters. The minimum absolute atomic E-state index is 0.234. The normalized spacial score (nSPS) is 10.5. The van der Waals surface area contributed by atoms with E-state index in [0.717, 1.165) is 16.7 Å². The second kappa shape index (κ2) is 8.76. The van der Waals surface area contributed by atoms with Gasteiger partial charge >= 0.3 is 6.01 Å². The number of rotatable bonds is 5. The summed E-state index contributed by atoms with van der Waals surface area (Å²) >= 11 is 5.94. The van der Waals surface area contributed by atoms with E-state index in [1.54, 1.807) is 60.9 Å². The summed E-state index contributed by atoms with van der Waals surface area (Å²) in [6, 6.07) is 22.0. The van der Waals surface area contributed by atoms with Crippen LogP contribution in [0, 0.1) is 6.92 Å². The minimum Gasteiger partial charge on any atom is -0.424 e. The van der Waals surface area contributed by atoms with E-state index in [9.17, 15) is 4.79 Å². The second-order valence-electron chi connectivity index (χ2n) is 6.66. The minimum atomic E-state index is -0.234. The molecule has 0 aliphatic carbocycles. The van der Waals surface area contributed by atoms with Crippen LogP contribution in [-0.4, -0.2) is 15.9 Å². The number of anilines is 1. The summed E-state index contributed by atoms with van der Waals surface area (Å²) in [6.45, 7) is 2.05. The van der Waals surface area contributed by atoms with Crippen molar-refractivity contribution < 1.29 is 9.53 Å². The van der Waals surface area contributed by atoms with Crippen molar-refractivity contribution in [2.45, 2.75) is 6.92 Å². The molecule has 4 rings (SSSR count). The molecule has 0 aliphatic rings. The van der Waals surface area contributed by atoms with E-state index < -0.39 is 0 Å². The Labute approximate surface area is 179 Å². The van der Waals surface area contributed by atoms with E-state index in [1.807, 2.05) is 31.2 Å². The summed E-state index contributed by atoms with van der Waals surface area (Å²) in [5.74, 6) is 0.306. The Morgan fingerprint density at radius 1 is 0.933 bits per heavy atom. The van der Waals surface area contributed by atoms with Gasteiger partial charge in [-0.25, -0.2) is 9.97 Å². The smallest absolute Gasteiger partial charge is 0.321 e. The molecular weight excluding hydrogens is 398 g/mol. The van der Waals surface area contributed by atoms with Crippen LogP contribution < -0.4 is 10.1 Å². The van der Waals surface area contributed by atoms with Gasteiger partial charge in [0.05, 0.1) is 0 Å². The summed E-state index contributed by atoms with van der Waals surface area (Å²) in [5, 5.41) is 3.37. The maximum absolute atomic E-state index is 12.4. The van der Waals surface area contributed by atoms with E-state index >= 15 is 0 Å². The molecule has 0 aliphatic heterocycles. The molecule has 0 saturated carbocycles. The van der Waals surface area contributed by atoms with Gasteiger partial charge in [0.15, 0.2) is 0 Å². The average molecular weight is 416 g/mol. The fourth-order valence-electron chi connectivity index (χ4n) is 2.95. The molecule has 0 bridgehead atoms. The van der Waals surface area contributed by atoms with E-state index in [2.05, 4.69) is 15.3 Å². The first kappa shape index (κ1) is 19.6. The van der Waals surface area contributed by atoms with Gasteiger partial charge in [-0.05, 0) is 60.5 Å². The number of halogens is 1. The summed E-state index contributed by atoms with van der Waals surface area (Å²) in [7, 11) is 0. The van der Waals surface area contributed by atoms with Gasteiger partial charge < -0.3 is 10.1 Å². The lowest BCUT2D eigenvalue weighted by atomic mass is 10.0. The van der Waals surface area contributed by atoms with Crippen LogP contribution in [0.1, 0.15) is 15.9 Å². The van der Waals surface area contributed by atoms with Crippen LogP contribution in [0.5, 0.6) is 11.8 Å². The molecule has 5 nitrogen and oxygen atoms in total. The molecule has 30 heavy (non-hydrogen) atoms. The number of ether oxygens (including phenoxy) is 1. The van der Waals surface area contributed by atoms with Crippen molar-refractivity contribution in [1.29, 1.82) is 0 Å². The average Bonchev–Trinajstić information content (AvgIpc) is 2.75. The third-order valence-corrected chi connectivity index (χ3v) is 4.73. The zero-order valence-corrected chi connectivity index (χ0v) is 16.9. The van der Waals surface area contributed by atoms with Crippen LogP contribution >= 0.6 is 11.6 Å². The van der Waals surface area contributed by atoms with Gasteiger partial charge in [0.1, 0.15) is 5.75 Å². The van der Waals surface area contributed by atoms with Crippen LogP contribution in [0.15, 0.2) is 85.2 Å². The van der Waals surface area contributed by atoms with E-state index in [1.165, 1.54) is 0 Å². The van der Waals surface area contributed by atoms with Gasteiger partial charge in [-0.3, -0.25) is 4.79 Å². The zero-order chi connectivity index (χ0) is 20.9. The summed E-state index contributed by atoms with van der Waals surface area (Å²) in [6.07, 6.45) is 3.47. The van der Waals surface area contributed by atoms with E-state index in [0.29, 0.717) is 22.0 Å². The van der Waals surface area contributed by atoms with Crippen LogP contribution in [-0.2, 0) is 0 Å². The van der Waals surface area contributed by atoms with Crippen LogP contribution in [0.25, 0.3) is 11.1 Å². The number of hydrogen-bond acceptors (Lipinski definition) is 4. The first-order chi connectivity index (χ1) is 14.6. The molecule has 0 spiro atoms. The monoisotopic (exact) mass is 415 g/mol. The van der Waals surface area contributed by atoms with Crippen molar-refractivity contribution >= 4 is 23.2 Å². The second-order valence-corrected chi connectivity index (χ2v) is 7.10. The molecule has 1 aromatic heterocycles. The van der Waals surface area contributed by atoms with Gasteiger partial charge in [0.25, 0.3) is 5.91 Å². The molecule has 6 heteroatoms. The lowest BCUT2D eigenvalue weighted by molar-refractivity contribution is 0.102. The number of nitrogens with zero attached hydrogens (tertiary/aromatic N) is 2. The van der Waals surface area contributed by atoms with Gasteiger partial charge in [-0.15, -0.1) is 0 Å². The maximum atomic E-state index is 12.4. The van der Waals surface area contributed by atoms with Crippen LogP contribution in [0.4, 0.5) is 5.69 Å². The van der Waals surface area contributed by atoms with Crippen molar-refractivity contribution in [2.75, 3.05) is 5.32 Å². The molecule has 0 fully saturated rings. The molecule has 0 radical (unpaired) electrons. The van der Waals surface area contributed by atoms with Crippen molar-refractivity contribution in [3.05, 3.63) is 101 Å². The predicted octanol–water partition coefficient (Wildman–Crippen LogP) is 6.15. The Balaban J connectivity index is 1.42. The third-order valence-electron chi connectivity index (χ3n) is 4.49. The Morgan fingerprint density at radius 2 is 1.67 bits per heavy atom. The first-order valence-corrected chi connectivity index (χ1v) is 9.69. The van der Waals surface area contributed by atoms with Crippen LogP contribution in [0.3, 0.4) is 0 Å². The van der Waals surface area contributed by atoms with Crippen molar-refractivity contribution in [3.63, 3.8) is 0 Å². The highest BCUT2D eigenvalue weighted by atomic mass is 35.5. The third kappa shape index (κ3) is 4.64. The molecule has 1 heterocycles. The van der Waals surface area contributed by atoms with Crippen molar-refractivity contribution in [3.8, 4) is 22.9 Å². The number of amides is 1. The number of carbonyl (C=O) groups is 1. The number of carbonyl (C=O) groups excluding carboxylic acids is 1. The maximum Gasteiger partial charge on any atom is 0.321 e. The SMILES string of the molecule is Cc1ccccc1-c1cnc(Oc2ccc(C(=O)Nc3cccc(Cl)c3)cc2)nc1. The van der Waals surface area contributed by atoms with E-state index in [4.69, 9.17) is 16.3 Å². The van der Waals surface area contributed by atoms with Gasteiger partial charge in [-0.2, -0.15) is 0 Å². The Hall–Kier alpha value is -3.70. The molecule has 148 valence electrons. The molecule has 0 saturated heterocycles. The van der Waals surface area contributed by atoms with Gasteiger partial charge in [0.2, 0.25) is 0 Å². The van der Waals surface area contributed by atoms with Crippen molar-refractivity contribution in [2.24, 2.45) is 0 Å². The standard InChI is InChI=1S/C24H18ClN3O2/c1-16-5-2-3-8-22(16)18-14-26-24(27-15-18)30-21-11-9-17(10-12-21)23(29)28-20-7-4-6-19(25)13-20/h2-15H,1H3,(H,28,29). The zero-order valence-electron chi connectivity index (χ0n) is 16.2. The van der Waals surface area contributed by atoms with Crippen molar-refractivity contribution in [1.82, 2.24) is 9.97 Å². The highest BCUT2D eigenvalue weighted by molar-refractivity contribution is 6.30. The number of benzene rings is 3. The Morgan fingerprint density at radius 3 is 2.37 bits per heavy atom. The molecule has 1 N–H and O–H groups in total. The fraction of sp³-hybridized carbons (Fsp3) is 0.0417. The fourth-order valence-corrected chi connectivity index (χ4v) is 3.14. The molecular formula is C24H18ClN3O2. The Kier molecular flexibility index (Phi) is 5.72.